The van der Waals surface area contributed by atoms with Crippen molar-refractivity contribution in [2.24, 2.45) is 5.41 Å². The molecule has 1 aromatic heterocycles. The van der Waals surface area contributed by atoms with Crippen molar-refractivity contribution in [2.45, 2.75) is 32.6 Å². The molecule has 29 heavy (non-hydrogen) atoms. The molecular formula is C23H28N4O2. The van der Waals surface area contributed by atoms with Gasteiger partial charge in [0.15, 0.2) is 0 Å². The van der Waals surface area contributed by atoms with Gasteiger partial charge in [-0.15, -0.1) is 0 Å². The van der Waals surface area contributed by atoms with Crippen molar-refractivity contribution in [3.63, 3.8) is 0 Å². The van der Waals surface area contributed by atoms with Crippen LogP contribution in [-0.4, -0.2) is 47.9 Å². The quantitative estimate of drug-likeness (QED) is 0.793. The van der Waals surface area contributed by atoms with Gasteiger partial charge in [-0.3, -0.25) is 9.59 Å². The van der Waals surface area contributed by atoms with E-state index in [9.17, 15) is 9.59 Å². The van der Waals surface area contributed by atoms with Crippen molar-refractivity contribution in [3.8, 4) is 0 Å². The van der Waals surface area contributed by atoms with Crippen molar-refractivity contribution in [2.75, 3.05) is 36.4 Å². The topological polar surface area (TPSA) is 65.5 Å². The van der Waals surface area contributed by atoms with Crippen LogP contribution < -0.4 is 10.2 Å². The smallest absolute Gasteiger partial charge is 0.240 e. The minimum Gasteiger partial charge on any atom is -0.353 e. The Kier molecular flexibility index (Phi) is 5.26. The summed E-state index contributed by atoms with van der Waals surface area (Å²) in [5.74, 6) is 1.17. The third-order valence-electron chi connectivity index (χ3n) is 5.97. The Hall–Kier alpha value is -2.89. The highest BCUT2D eigenvalue weighted by atomic mass is 16.2. The summed E-state index contributed by atoms with van der Waals surface area (Å²) in [7, 11) is 0. The van der Waals surface area contributed by atoms with Gasteiger partial charge in [0.25, 0.3) is 0 Å². The zero-order valence-electron chi connectivity index (χ0n) is 17.1. The third kappa shape index (κ3) is 3.97. The Morgan fingerprint density at radius 1 is 1.00 bits per heavy atom. The molecule has 6 heteroatoms. The first kappa shape index (κ1) is 19.4. The van der Waals surface area contributed by atoms with E-state index in [1.54, 1.807) is 6.20 Å². The van der Waals surface area contributed by atoms with Gasteiger partial charge in [-0.25, -0.2) is 4.98 Å². The highest BCUT2D eigenvalue weighted by Crippen LogP contribution is 2.48. The Balaban J connectivity index is 1.36. The van der Waals surface area contributed by atoms with Crippen LogP contribution in [0, 0.1) is 5.41 Å². The Bertz CT molecular complexity index is 868. The lowest BCUT2D eigenvalue weighted by molar-refractivity contribution is -0.142. The van der Waals surface area contributed by atoms with Crippen LogP contribution in [0.15, 0.2) is 48.7 Å². The first-order valence-corrected chi connectivity index (χ1v) is 10.4. The minimum atomic E-state index is -0.885. The molecule has 0 spiro atoms. The number of hydrogen-bond donors (Lipinski definition) is 1. The molecule has 2 aromatic rings. The van der Waals surface area contributed by atoms with Crippen molar-refractivity contribution in [1.29, 1.82) is 0 Å². The fourth-order valence-corrected chi connectivity index (χ4v) is 3.85. The molecule has 1 N–H and O–H groups in total. The first-order valence-electron chi connectivity index (χ1n) is 10.4. The predicted molar refractivity (Wildman–Crippen MR) is 114 cm³/mol. The maximum absolute atomic E-state index is 13.1. The van der Waals surface area contributed by atoms with E-state index in [4.69, 9.17) is 0 Å². The molecule has 6 nitrogen and oxygen atoms in total. The summed E-state index contributed by atoms with van der Waals surface area (Å²) in [4.78, 5) is 34.4. The van der Waals surface area contributed by atoms with Gasteiger partial charge in [-0.05, 0) is 48.6 Å². The number of nitrogens with zero attached hydrogens (tertiary/aromatic N) is 3. The van der Waals surface area contributed by atoms with Crippen LogP contribution in [0.2, 0.25) is 0 Å². The van der Waals surface area contributed by atoms with Crippen molar-refractivity contribution >= 4 is 23.3 Å². The molecule has 1 saturated carbocycles. The average molecular weight is 393 g/mol. The second kappa shape index (κ2) is 7.85. The predicted octanol–water partition coefficient (Wildman–Crippen LogP) is 3.27. The molecule has 1 aliphatic carbocycles. The van der Waals surface area contributed by atoms with Crippen LogP contribution >= 0.6 is 0 Å². The largest absolute Gasteiger partial charge is 0.353 e. The molecule has 0 bridgehead atoms. The third-order valence-corrected chi connectivity index (χ3v) is 5.97. The second-order valence-electron chi connectivity index (χ2n) is 8.28. The average Bonchev–Trinajstić information content (AvgIpc) is 3.56. The lowest BCUT2D eigenvalue weighted by Crippen LogP contribution is -2.52. The van der Waals surface area contributed by atoms with E-state index in [1.165, 1.54) is 5.56 Å². The summed E-state index contributed by atoms with van der Waals surface area (Å²) in [5, 5.41) is 2.96. The van der Waals surface area contributed by atoms with Gasteiger partial charge in [0, 0.05) is 38.1 Å². The number of carbonyl (C=O) groups is 2. The standard InChI is InChI=1S/C23H28N4O2/c1-17(2)18-6-8-19(9-7-18)25-21(28)23(10-11-23)22(29)27-15-13-26(14-16-27)20-5-3-4-12-24-20/h3-9,12,17H,10-11,13-16H2,1-2H3,(H,25,28). The van der Waals surface area contributed by atoms with Crippen molar-refractivity contribution in [1.82, 2.24) is 9.88 Å². The van der Waals surface area contributed by atoms with Gasteiger partial charge in [-0.2, -0.15) is 0 Å². The number of pyridine rings is 1. The zero-order valence-corrected chi connectivity index (χ0v) is 17.1. The summed E-state index contributed by atoms with van der Waals surface area (Å²) in [6.07, 6.45) is 3.04. The molecule has 1 aliphatic heterocycles. The number of anilines is 2. The van der Waals surface area contributed by atoms with Crippen LogP contribution in [0.3, 0.4) is 0 Å². The van der Waals surface area contributed by atoms with Crippen LogP contribution in [0.1, 0.15) is 38.2 Å². The number of nitrogens with one attached hydrogen (secondary N) is 1. The van der Waals surface area contributed by atoms with Gasteiger partial charge in [0.1, 0.15) is 11.2 Å². The molecule has 0 radical (unpaired) electrons. The molecule has 0 atom stereocenters. The number of aromatic nitrogens is 1. The molecule has 152 valence electrons. The summed E-state index contributed by atoms with van der Waals surface area (Å²) >= 11 is 0. The van der Waals surface area contributed by atoms with Gasteiger partial charge < -0.3 is 15.1 Å². The highest BCUT2D eigenvalue weighted by molar-refractivity contribution is 6.13. The number of piperazine rings is 1. The molecule has 2 fully saturated rings. The van der Waals surface area contributed by atoms with E-state index in [0.717, 1.165) is 24.6 Å². The van der Waals surface area contributed by atoms with Crippen LogP contribution in [0.5, 0.6) is 0 Å². The van der Waals surface area contributed by atoms with E-state index >= 15 is 0 Å². The van der Waals surface area contributed by atoms with E-state index in [0.29, 0.717) is 31.8 Å². The van der Waals surface area contributed by atoms with Gasteiger partial charge in [0.2, 0.25) is 11.8 Å². The van der Waals surface area contributed by atoms with Gasteiger partial charge in [0.05, 0.1) is 0 Å². The monoisotopic (exact) mass is 392 g/mol. The number of amides is 2. The molecule has 1 aromatic carbocycles. The van der Waals surface area contributed by atoms with E-state index in [1.807, 2.05) is 47.4 Å². The summed E-state index contributed by atoms with van der Waals surface area (Å²) in [6, 6.07) is 13.7. The Labute approximate surface area is 171 Å². The van der Waals surface area contributed by atoms with Crippen molar-refractivity contribution in [3.05, 3.63) is 54.2 Å². The SMILES string of the molecule is CC(C)c1ccc(NC(=O)C2(C(=O)N3CCN(c4ccccn4)CC3)CC2)cc1. The van der Waals surface area contributed by atoms with E-state index < -0.39 is 5.41 Å². The maximum atomic E-state index is 13.1. The van der Waals surface area contributed by atoms with Crippen molar-refractivity contribution < 1.29 is 9.59 Å². The summed E-state index contributed by atoms with van der Waals surface area (Å²) in [6.45, 7) is 6.98. The lowest BCUT2D eigenvalue weighted by Gasteiger charge is -2.36. The molecule has 2 aliphatic rings. The number of rotatable bonds is 5. The Morgan fingerprint density at radius 2 is 1.69 bits per heavy atom. The van der Waals surface area contributed by atoms with E-state index in [2.05, 4.69) is 29.0 Å². The lowest BCUT2D eigenvalue weighted by atomic mass is 10.0. The number of benzene rings is 1. The zero-order chi connectivity index (χ0) is 20.4. The minimum absolute atomic E-state index is 0.0329. The molecule has 2 heterocycles. The molecular weight excluding hydrogens is 364 g/mol. The second-order valence-corrected chi connectivity index (χ2v) is 8.28. The van der Waals surface area contributed by atoms with E-state index in [-0.39, 0.29) is 11.8 Å². The summed E-state index contributed by atoms with van der Waals surface area (Å²) < 4.78 is 0. The maximum Gasteiger partial charge on any atom is 0.240 e. The molecule has 2 amide bonds. The molecule has 0 unspecified atom stereocenters. The number of carbonyl (C=O) groups excluding carboxylic acids is 2. The van der Waals surface area contributed by atoms with Gasteiger partial charge in [-0.1, -0.05) is 32.0 Å². The Morgan fingerprint density at radius 3 is 2.24 bits per heavy atom. The van der Waals surface area contributed by atoms with Crippen LogP contribution in [0.25, 0.3) is 0 Å². The van der Waals surface area contributed by atoms with Crippen LogP contribution in [-0.2, 0) is 9.59 Å². The molecule has 4 rings (SSSR count). The number of hydrogen-bond acceptors (Lipinski definition) is 4. The van der Waals surface area contributed by atoms with Gasteiger partial charge >= 0.3 is 0 Å². The van der Waals surface area contributed by atoms with Crippen LogP contribution in [0.4, 0.5) is 11.5 Å². The normalized spacial score (nSPS) is 17.9. The fraction of sp³-hybridized carbons (Fsp3) is 0.435. The summed E-state index contributed by atoms with van der Waals surface area (Å²) in [5.41, 5.74) is 1.09. The fourth-order valence-electron chi connectivity index (χ4n) is 3.85. The molecule has 1 saturated heterocycles. The highest BCUT2D eigenvalue weighted by Gasteiger charge is 2.58. The first-order chi connectivity index (χ1) is 14.0.